The average molecular weight is 217 g/mol. The molecule has 0 atom stereocenters. The monoisotopic (exact) mass is 217 g/mol. The summed E-state index contributed by atoms with van der Waals surface area (Å²) in [5.74, 6) is 0. The van der Waals surface area contributed by atoms with Crippen LogP contribution in [0.15, 0.2) is 36.4 Å². The van der Waals surface area contributed by atoms with Crippen LogP contribution in [0.3, 0.4) is 0 Å². The molecule has 0 spiro atoms. The third-order valence-electron chi connectivity index (χ3n) is 1.29. The molecule has 0 bridgehead atoms. The summed E-state index contributed by atoms with van der Waals surface area (Å²) in [7, 11) is 0. The molecule has 11 heavy (non-hydrogen) atoms. The first-order valence-electron chi connectivity index (χ1n) is 3.07. The van der Waals surface area contributed by atoms with Crippen LogP contribution in [0.2, 0.25) is 0 Å². The molecule has 0 fully saturated rings. The van der Waals surface area contributed by atoms with Crippen molar-refractivity contribution in [3.63, 3.8) is 0 Å². The van der Waals surface area contributed by atoms with Gasteiger partial charge in [-0.2, -0.15) is 0 Å². The minimum Gasteiger partial charge on any atom is -0.361 e. The average Bonchev–Trinajstić information content (AvgIpc) is 2.05. The zero-order chi connectivity index (χ0) is 7.40. The summed E-state index contributed by atoms with van der Waals surface area (Å²) < 4.78 is 0. The first-order valence-corrected chi connectivity index (χ1v) is 3.07. The zero-order valence-electron chi connectivity index (χ0n) is 6.20. The molecular weight excluding hydrogens is 209 g/mol. The fraction of sp³-hybridized carbons (Fsp3) is 0. The molecule has 0 aliphatic carbocycles. The van der Waals surface area contributed by atoms with Crippen LogP contribution in [0.5, 0.6) is 0 Å². The van der Waals surface area contributed by atoms with Gasteiger partial charge in [-0.25, -0.2) is 5.56 Å². The van der Waals surface area contributed by atoms with Gasteiger partial charge in [0.15, 0.2) is 0 Å². The summed E-state index contributed by atoms with van der Waals surface area (Å²) in [6, 6.07) is 9.61. The first-order chi connectivity index (χ1) is 4.84. The molecule has 0 aliphatic heterocycles. The quantitative estimate of drug-likeness (QED) is 0.527. The normalized spacial score (nSPS) is 8.00. The maximum Gasteiger partial charge on any atom is 0 e. The SMILES string of the molecule is [CH-]=CC(=[CH-])c1ccccc1.[Y]. The second-order valence-electron chi connectivity index (χ2n) is 1.99. The molecule has 0 aromatic heterocycles. The fourth-order valence-corrected chi connectivity index (χ4v) is 0.727. The maximum atomic E-state index is 5.53. The third kappa shape index (κ3) is 3.13. The molecule has 1 aromatic carbocycles. The van der Waals surface area contributed by atoms with Crippen molar-refractivity contribution < 1.29 is 32.7 Å². The summed E-state index contributed by atoms with van der Waals surface area (Å²) in [4.78, 5) is 0. The second kappa shape index (κ2) is 5.45. The summed E-state index contributed by atoms with van der Waals surface area (Å²) in [6.07, 6.45) is 1.40. The molecule has 1 radical (unpaired) electrons. The minimum atomic E-state index is 0. The van der Waals surface area contributed by atoms with Crippen molar-refractivity contribution in [2.45, 2.75) is 0 Å². The van der Waals surface area contributed by atoms with Crippen LogP contribution in [0.4, 0.5) is 0 Å². The summed E-state index contributed by atoms with van der Waals surface area (Å²) in [5.41, 5.74) is 1.57. The fourth-order valence-electron chi connectivity index (χ4n) is 0.727. The van der Waals surface area contributed by atoms with E-state index in [4.69, 9.17) is 13.2 Å². The van der Waals surface area contributed by atoms with E-state index in [1.165, 1.54) is 6.08 Å². The molecule has 0 unspecified atom stereocenters. The van der Waals surface area contributed by atoms with Crippen LogP contribution >= 0.6 is 0 Å². The van der Waals surface area contributed by atoms with Crippen molar-refractivity contribution in [2.24, 2.45) is 0 Å². The Morgan fingerprint density at radius 1 is 1.18 bits per heavy atom. The van der Waals surface area contributed by atoms with Gasteiger partial charge in [-0.15, -0.1) is 12.1 Å². The Balaban J connectivity index is 0.000001000. The molecule has 0 nitrogen and oxygen atoms in total. The van der Waals surface area contributed by atoms with Crippen LogP contribution in [-0.4, -0.2) is 0 Å². The van der Waals surface area contributed by atoms with E-state index in [-0.39, 0.29) is 32.7 Å². The van der Waals surface area contributed by atoms with E-state index in [1.807, 2.05) is 30.3 Å². The van der Waals surface area contributed by atoms with E-state index < -0.39 is 0 Å². The molecule has 0 aliphatic rings. The smallest absolute Gasteiger partial charge is 0 e. The summed E-state index contributed by atoms with van der Waals surface area (Å²) >= 11 is 0. The Morgan fingerprint density at radius 2 is 1.73 bits per heavy atom. The predicted molar refractivity (Wildman–Crippen MR) is 43.0 cm³/mol. The second-order valence-corrected chi connectivity index (χ2v) is 1.99. The van der Waals surface area contributed by atoms with Gasteiger partial charge in [0.25, 0.3) is 0 Å². The van der Waals surface area contributed by atoms with Crippen molar-refractivity contribution in [3.8, 4) is 0 Å². The zero-order valence-corrected chi connectivity index (χ0v) is 9.03. The molecule has 1 aromatic rings. The Hall–Kier alpha value is -0.196. The predicted octanol–water partition coefficient (Wildman–Crippen LogP) is 2.49. The van der Waals surface area contributed by atoms with E-state index in [1.54, 1.807) is 0 Å². The maximum absolute atomic E-state index is 5.53. The van der Waals surface area contributed by atoms with Gasteiger partial charge in [0.1, 0.15) is 0 Å². The molecule has 0 N–H and O–H groups in total. The van der Waals surface area contributed by atoms with Gasteiger partial charge < -0.3 is 24.8 Å². The number of hydrogen-bond donors (Lipinski definition) is 0. The molecule has 1 heteroatoms. The standard InChI is InChI=1S/C10H8.Y/c1-3-9(2)10-7-5-4-6-8-10;/h1-8H;/q-2;. The number of benzene rings is 1. The van der Waals surface area contributed by atoms with Gasteiger partial charge in [-0.1, -0.05) is 18.2 Å². The van der Waals surface area contributed by atoms with E-state index in [9.17, 15) is 0 Å². The minimum absolute atomic E-state index is 0. The van der Waals surface area contributed by atoms with E-state index in [0.29, 0.717) is 5.57 Å². The number of rotatable bonds is 2. The number of hydrogen-bond acceptors (Lipinski definition) is 0. The van der Waals surface area contributed by atoms with Gasteiger partial charge in [0, 0.05) is 32.7 Å². The van der Waals surface area contributed by atoms with Crippen LogP contribution in [0.25, 0.3) is 5.57 Å². The first kappa shape index (κ1) is 10.8. The van der Waals surface area contributed by atoms with Gasteiger partial charge in [-0.05, 0) is 0 Å². The van der Waals surface area contributed by atoms with Crippen molar-refractivity contribution >= 4 is 5.57 Å². The molecule has 1 rings (SSSR count). The van der Waals surface area contributed by atoms with Crippen LogP contribution in [-0.2, 0) is 32.7 Å². The van der Waals surface area contributed by atoms with E-state index >= 15 is 0 Å². The van der Waals surface area contributed by atoms with Gasteiger partial charge in [-0.3, -0.25) is 0 Å². The molecule has 0 saturated carbocycles. The van der Waals surface area contributed by atoms with Gasteiger partial charge >= 0.3 is 0 Å². The third-order valence-corrected chi connectivity index (χ3v) is 1.29. The molecular formula is C10H8Y-2. The Bertz CT molecular complexity index is 236. The largest absolute Gasteiger partial charge is 0.361 e. The summed E-state index contributed by atoms with van der Waals surface area (Å²) in [5, 5.41) is 0. The van der Waals surface area contributed by atoms with Gasteiger partial charge in [0.2, 0.25) is 0 Å². The Kier molecular flexibility index (Phi) is 5.36. The topological polar surface area (TPSA) is 0 Å². The van der Waals surface area contributed by atoms with Crippen LogP contribution < -0.4 is 0 Å². The summed E-state index contributed by atoms with van der Waals surface area (Å²) in [6.45, 7) is 10.7. The van der Waals surface area contributed by atoms with Crippen molar-refractivity contribution in [3.05, 3.63) is 55.1 Å². The van der Waals surface area contributed by atoms with Crippen molar-refractivity contribution in [1.29, 1.82) is 0 Å². The molecule has 0 amide bonds. The number of allylic oxidation sites excluding steroid dienone is 2. The van der Waals surface area contributed by atoms with Crippen molar-refractivity contribution in [2.75, 3.05) is 0 Å². The van der Waals surface area contributed by atoms with Gasteiger partial charge in [0.05, 0.1) is 0 Å². The van der Waals surface area contributed by atoms with E-state index in [0.717, 1.165) is 5.56 Å². The van der Waals surface area contributed by atoms with Crippen LogP contribution in [0, 0.1) is 13.2 Å². The molecule has 0 saturated heterocycles. The van der Waals surface area contributed by atoms with Crippen molar-refractivity contribution in [1.82, 2.24) is 0 Å². The van der Waals surface area contributed by atoms with E-state index in [2.05, 4.69) is 0 Å². The Labute approximate surface area is 92.9 Å². The molecule has 0 heterocycles. The molecule has 53 valence electrons. The Morgan fingerprint density at radius 3 is 2.18 bits per heavy atom. The van der Waals surface area contributed by atoms with Crippen LogP contribution in [0.1, 0.15) is 5.56 Å².